The number of hydrogen-bond acceptors (Lipinski definition) is 4. The van der Waals surface area contributed by atoms with Crippen LogP contribution in [0.2, 0.25) is 36.3 Å². The van der Waals surface area contributed by atoms with Crippen LogP contribution in [0.25, 0.3) is 0 Å². The summed E-state index contributed by atoms with van der Waals surface area (Å²) in [7, 11) is -3.87. The summed E-state index contributed by atoms with van der Waals surface area (Å²) in [6, 6.07) is 0. The summed E-state index contributed by atoms with van der Waals surface area (Å²) in [4.78, 5) is 0. The molecule has 4 nitrogen and oxygen atoms in total. The molecule has 0 aromatic rings. The lowest BCUT2D eigenvalue weighted by atomic mass is 9.46. The van der Waals surface area contributed by atoms with E-state index in [0.717, 1.165) is 31.3 Å². The predicted molar refractivity (Wildman–Crippen MR) is 189 cm³/mol. The average Bonchev–Trinajstić information content (AvgIpc) is 3.32. The van der Waals surface area contributed by atoms with Gasteiger partial charge < -0.3 is 18.3 Å². The molecule has 5 aliphatic rings. The first kappa shape index (κ1) is 35.3. The second-order valence-corrected chi connectivity index (χ2v) is 29.4. The number of epoxide rings is 1. The van der Waals surface area contributed by atoms with E-state index in [2.05, 4.69) is 108 Å². The summed E-state index contributed by atoms with van der Waals surface area (Å²) < 4.78 is 27.2. The van der Waals surface area contributed by atoms with Crippen LogP contribution in [0.3, 0.4) is 0 Å². The van der Waals surface area contributed by atoms with Crippen molar-refractivity contribution in [2.24, 2.45) is 34.5 Å². The van der Waals surface area contributed by atoms with Gasteiger partial charge in [-0.25, -0.2) is 0 Å². The molecule has 1 heterocycles. The van der Waals surface area contributed by atoms with Gasteiger partial charge in [-0.1, -0.05) is 67.0 Å². The molecule has 0 bridgehead atoms. The Morgan fingerprint density at radius 3 is 2.05 bits per heavy atom. The number of hydrogen-bond donors (Lipinski definition) is 0. The molecule has 1 aliphatic heterocycles. The first-order valence-corrected chi connectivity index (χ1v) is 24.1. The smallest absolute Gasteiger partial charge is 0.192 e. The second kappa shape index (κ2) is 11.3. The van der Waals surface area contributed by atoms with Crippen LogP contribution in [0.15, 0.2) is 11.6 Å². The van der Waals surface area contributed by atoms with Gasteiger partial charge in [-0.05, 0) is 131 Å². The molecule has 44 heavy (non-hydrogen) atoms. The summed E-state index contributed by atoms with van der Waals surface area (Å²) >= 11 is 0. The molecule has 4 unspecified atom stereocenters. The van der Waals surface area contributed by atoms with Crippen molar-refractivity contribution < 1.29 is 18.3 Å². The maximum Gasteiger partial charge on any atom is 0.192 e. The molecule has 1 saturated heterocycles. The van der Waals surface area contributed by atoms with Crippen molar-refractivity contribution in [1.82, 2.24) is 0 Å². The van der Waals surface area contributed by atoms with Crippen LogP contribution in [0.4, 0.5) is 0 Å². The molecule has 10 atom stereocenters. The zero-order valence-corrected chi connectivity index (χ0v) is 33.5. The van der Waals surface area contributed by atoms with Crippen molar-refractivity contribution in [3.05, 3.63) is 11.6 Å². The van der Waals surface area contributed by atoms with Crippen molar-refractivity contribution in [1.29, 1.82) is 0 Å². The highest BCUT2D eigenvalue weighted by Gasteiger charge is 2.63. The van der Waals surface area contributed by atoms with Crippen LogP contribution in [-0.2, 0) is 18.3 Å². The molecule has 0 N–H and O–H groups in total. The lowest BCUT2D eigenvalue weighted by molar-refractivity contribution is -0.111. The Balaban J connectivity index is 1.41. The summed E-state index contributed by atoms with van der Waals surface area (Å²) in [5.41, 5.74) is 2.13. The topological polar surface area (TPSA) is 40.2 Å². The van der Waals surface area contributed by atoms with Crippen LogP contribution >= 0.6 is 0 Å². The van der Waals surface area contributed by atoms with E-state index in [-0.39, 0.29) is 39.4 Å². The van der Waals surface area contributed by atoms with Crippen molar-refractivity contribution >= 4 is 16.6 Å². The SMILES string of the molecule is C[C@H](OCC1OC1(C)C)[C@H]1CCC2C3CC=C4C[C@@H](O[Si](C)(C)C(C)(C)C)C[C@H](O[Si](C)(C)C(C)(C)C)[C@]4(C)C3CC[C@@]21C. The summed E-state index contributed by atoms with van der Waals surface area (Å²) in [6.07, 6.45) is 12.4. The molecule has 5 rings (SSSR count). The standard InChI is InChI=1S/C38H70O4Si2/c1-25(39-24-33-36(8,9)40-33)29-18-19-30-28-17-16-26-22-27(41-43(12,13)34(2,3)4)23-32(42-44(14,15)35(5,6)7)38(26,11)31(28)20-21-37(29,30)10/h16,25,27-33H,17-24H2,1-15H3/t25-,27+,28?,29+,30?,31?,32-,33?,37+,38-/m0/s1. The lowest BCUT2D eigenvalue weighted by Crippen LogP contribution is -2.60. The molecule has 254 valence electrons. The van der Waals surface area contributed by atoms with Gasteiger partial charge in [0.25, 0.3) is 0 Å². The molecule has 0 aromatic heterocycles. The summed E-state index contributed by atoms with van der Waals surface area (Å²) in [6.45, 7) is 36.8. The Hall–Kier alpha value is 0.0138. The van der Waals surface area contributed by atoms with E-state index in [1.165, 1.54) is 32.1 Å². The zero-order valence-electron chi connectivity index (χ0n) is 31.5. The lowest BCUT2D eigenvalue weighted by Gasteiger charge is -2.62. The van der Waals surface area contributed by atoms with Gasteiger partial charge in [-0.2, -0.15) is 0 Å². The molecular weight excluding hydrogens is 577 g/mol. The fraction of sp³-hybridized carbons (Fsp3) is 0.947. The first-order valence-electron chi connectivity index (χ1n) is 18.3. The third-order valence-electron chi connectivity index (χ3n) is 15.0. The van der Waals surface area contributed by atoms with Crippen LogP contribution in [0.1, 0.15) is 121 Å². The van der Waals surface area contributed by atoms with E-state index in [1.54, 1.807) is 5.57 Å². The molecule has 0 radical (unpaired) electrons. The van der Waals surface area contributed by atoms with Gasteiger partial charge in [-0.15, -0.1) is 0 Å². The largest absolute Gasteiger partial charge is 0.414 e. The van der Waals surface area contributed by atoms with E-state index in [9.17, 15) is 0 Å². The van der Waals surface area contributed by atoms with Crippen molar-refractivity contribution in [3.63, 3.8) is 0 Å². The number of allylic oxidation sites excluding steroid dienone is 1. The fourth-order valence-electron chi connectivity index (χ4n) is 9.78. The summed E-state index contributed by atoms with van der Waals surface area (Å²) in [5, 5.41) is 0.403. The third kappa shape index (κ3) is 6.06. The van der Waals surface area contributed by atoms with Crippen molar-refractivity contribution in [2.45, 2.75) is 187 Å². The predicted octanol–water partition coefficient (Wildman–Crippen LogP) is 10.5. The number of fused-ring (bicyclic) bond motifs is 5. The van der Waals surface area contributed by atoms with Gasteiger partial charge in [0.15, 0.2) is 16.6 Å². The molecule has 6 heteroatoms. The molecule has 4 aliphatic carbocycles. The van der Waals surface area contributed by atoms with E-state index < -0.39 is 16.6 Å². The van der Waals surface area contributed by atoms with Gasteiger partial charge in [-0.3, -0.25) is 0 Å². The van der Waals surface area contributed by atoms with E-state index in [4.69, 9.17) is 18.3 Å². The van der Waals surface area contributed by atoms with Crippen LogP contribution < -0.4 is 0 Å². The van der Waals surface area contributed by atoms with Crippen molar-refractivity contribution in [2.75, 3.05) is 6.61 Å². The third-order valence-corrected chi connectivity index (χ3v) is 24.0. The number of ether oxygens (including phenoxy) is 2. The van der Waals surface area contributed by atoms with Gasteiger partial charge in [0.2, 0.25) is 0 Å². The monoisotopic (exact) mass is 646 g/mol. The Morgan fingerprint density at radius 1 is 0.886 bits per heavy atom. The Kier molecular flexibility index (Phi) is 9.06. The van der Waals surface area contributed by atoms with Gasteiger partial charge >= 0.3 is 0 Å². The maximum absolute atomic E-state index is 7.57. The minimum absolute atomic E-state index is 0.000764. The molecule has 0 spiro atoms. The van der Waals surface area contributed by atoms with Crippen LogP contribution in [0.5, 0.6) is 0 Å². The second-order valence-electron chi connectivity index (χ2n) is 19.9. The molecule has 0 aromatic carbocycles. The fourth-order valence-corrected chi connectivity index (χ4v) is 12.6. The maximum atomic E-state index is 7.57. The van der Waals surface area contributed by atoms with Crippen molar-refractivity contribution in [3.8, 4) is 0 Å². The molecule has 0 amide bonds. The van der Waals surface area contributed by atoms with Crippen LogP contribution in [-0.4, -0.2) is 53.3 Å². The highest BCUT2D eigenvalue weighted by Crippen LogP contribution is 2.67. The molecular formula is C38H70O4Si2. The molecule has 3 saturated carbocycles. The Labute approximate surface area is 274 Å². The first-order chi connectivity index (χ1) is 19.9. The average molecular weight is 647 g/mol. The number of rotatable bonds is 8. The summed E-state index contributed by atoms with van der Waals surface area (Å²) in [5.74, 6) is 2.85. The van der Waals surface area contributed by atoms with E-state index in [1.807, 2.05) is 0 Å². The normalized spacial score (nSPS) is 41.3. The minimum atomic E-state index is -1.99. The zero-order chi connectivity index (χ0) is 32.9. The van der Waals surface area contributed by atoms with E-state index in [0.29, 0.717) is 23.4 Å². The minimum Gasteiger partial charge on any atom is -0.414 e. The van der Waals surface area contributed by atoms with Gasteiger partial charge in [0, 0.05) is 5.41 Å². The quantitative estimate of drug-likeness (QED) is 0.149. The molecule has 4 fully saturated rings. The van der Waals surface area contributed by atoms with Gasteiger partial charge in [0.1, 0.15) is 6.10 Å². The van der Waals surface area contributed by atoms with E-state index >= 15 is 0 Å². The highest BCUT2D eigenvalue weighted by molar-refractivity contribution is 6.74. The Morgan fingerprint density at radius 2 is 1.48 bits per heavy atom. The highest BCUT2D eigenvalue weighted by atomic mass is 28.4. The van der Waals surface area contributed by atoms with Gasteiger partial charge in [0.05, 0.1) is 30.5 Å². The van der Waals surface area contributed by atoms with Crippen LogP contribution in [0, 0.1) is 34.5 Å². The Bertz CT molecular complexity index is 1100.